The van der Waals surface area contributed by atoms with Crippen molar-refractivity contribution in [2.24, 2.45) is 5.92 Å². The van der Waals surface area contributed by atoms with Crippen LogP contribution in [0.15, 0.2) is 72.9 Å². The van der Waals surface area contributed by atoms with Crippen LogP contribution in [-0.4, -0.2) is 66.4 Å². The lowest BCUT2D eigenvalue weighted by Crippen LogP contribution is -2.46. The van der Waals surface area contributed by atoms with Crippen molar-refractivity contribution in [1.29, 1.82) is 5.26 Å². The van der Waals surface area contributed by atoms with Crippen LogP contribution in [0.1, 0.15) is 65.6 Å². The number of ketones is 1. The molecule has 45 heavy (non-hydrogen) atoms. The second-order valence-corrected chi connectivity index (χ2v) is 12.8. The smallest absolute Gasteiger partial charge is 0.162 e. The molecule has 3 heterocycles. The van der Waals surface area contributed by atoms with E-state index < -0.39 is 0 Å². The zero-order chi connectivity index (χ0) is 31.0. The summed E-state index contributed by atoms with van der Waals surface area (Å²) in [5.74, 6) is 0.654. The zero-order valence-electron chi connectivity index (χ0n) is 26.2. The third kappa shape index (κ3) is 8.19. The Kier molecular flexibility index (Phi) is 10.2. The number of benzene rings is 3. The number of piperazine rings is 1. The number of hydrogen-bond donors (Lipinski definition) is 1. The molecule has 2 aliphatic rings. The number of aryl methyl sites for hydroxylation is 1. The third-order valence-corrected chi connectivity index (χ3v) is 9.78. The molecule has 2 aliphatic heterocycles. The van der Waals surface area contributed by atoms with Crippen LogP contribution in [-0.2, 0) is 13.0 Å². The fourth-order valence-corrected chi connectivity index (χ4v) is 7.00. The molecular weight excluding hydrogens is 561 g/mol. The minimum absolute atomic E-state index is 0.171. The first-order chi connectivity index (χ1) is 22.0. The fraction of sp³-hybridized carbons (Fsp3) is 0.421. The van der Waals surface area contributed by atoms with Crippen LogP contribution < -0.4 is 4.90 Å². The number of hydrogen-bond acceptors (Lipinski definition) is 5. The van der Waals surface area contributed by atoms with Crippen molar-refractivity contribution < 1.29 is 9.18 Å². The van der Waals surface area contributed by atoms with Crippen molar-refractivity contribution in [2.45, 2.75) is 51.5 Å². The number of halogens is 1. The van der Waals surface area contributed by atoms with E-state index >= 15 is 0 Å². The molecule has 1 aromatic heterocycles. The SMILES string of the molecule is N#Cc1ccc2[nH]cc(CCCCN3CCN(c4ccc(C(=O)CCC5CCN(Cc6cccc(F)c6)CC5)cc4)CC3)c2c1. The van der Waals surface area contributed by atoms with Gasteiger partial charge in [0.25, 0.3) is 0 Å². The summed E-state index contributed by atoms with van der Waals surface area (Å²) in [6, 6.07) is 23.2. The number of aromatic nitrogens is 1. The summed E-state index contributed by atoms with van der Waals surface area (Å²) in [6.07, 6.45) is 9.16. The quantitative estimate of drug-likeness (QED) is 0.137. The van der Waals surface area contributed by atoms with Gasteiger partial charge in [0.1, 0.15) is 5.82 Å². The number of rotatable bonds is 12. The molecule has 2 fully saturated rings. The van der Waals surface area contributed by atoms with Crippen molar-refractivity contribution in [2.75, 3.05) is 50.7 Å². The first kappa shape index (κ1) is 31.0. The van der Waals surface area contributed by atoms with Gasteiger partial charge in [-0.2, -0.15) is 5.26 Å². The molecule has 3 aromatic carbocycles. The van der Waals surface area contributed by atoms with E-state index in [9.17, 15) is 14.4 Å². The molecule has 0 saturated carbocycles. The number of Topliss-reactive ketones (excluding diaryl/α,β-unsaturated/α-hetero) is 1. The number of H-pyrrole nitrogens is 1. The Balaban J connectivity index is 0.873. The van der Waals surface area contributed by atoms with Crippen LogP contribution in [0.4, 0.5) is 10.1 Å². The average molecular weight is 606 g/mol. The highest BCUT2D eigenvalue weighted by Crippen LogP contribution is 2.26. The van der Waals surface area contributed by atoms with Crippen LogP contribution in [0.5, 0.6) is 0 Å². The lowest BCUT2D eigenvalue weighted by molar-refractivity contribution is 0.0961. The standard InChI is InChI=1S/C38H44FN5O/c39-34-6-3-4-31(24-34)28-43-18-15-29(16-19-43)8-14-38(45)32-9-11-35(12-10-32)44-22-20-42(21-23-44)17-2-1-5-33-27-41-37-13-7-30(26-40)25-36(33)37/h3-4,6-7,9-13,24-25,27,29,41H,1-2,5,8,14-23,28H2. The average Bonchev–Trinajstić information content (AvgIpc) is 3.48. The molecule has 0 unspecified atom stereocenters. The highest BCUT2D eigenvalue weighted by atomic mass is 19.1. The summed E-state index contributed by atoms with van der Waals surface area (Å²) in [7, 11) is 0. The van der Waals surface area contributed by atoms with Gasteiger partial charge in [-0.1, -0.05) is 12.1 Å². The van der Waals surface area contributed by atoms with E-state index in [2.05, 4.69) is 44.1 Å². The van der Waals surface area contributed by atoms with E-state index in [1.807, 2.05) is 36.4 Å². The summed E-state index contributed by atoms with van der Waals surface area (Å²) < 4.78 is 13.5. The lowest BCUT2D eigenvalue weighted by Gasteiger charge is -2.36. The summed E-state index contributed by atoms with van der Waals surface area (Å²) in [5, 5.41) is 10.4. The van der Waals surface area contributed by atoms with Gasteiger partial charge in [0.05, 0.1) is 11.6 Å². The van der Waals surface area contributed by atoms with Crippen molar-refractivity contribution in [3.05, 3.63) is 101 Å². The molecule has 6 nitrogen and oxygen atoms in total. The number of nitrogens with one attached hydrogen (secondary N) is 1. The van der Waals surface area contributed by atoms with Crippen LogP contribution in [0.3, 0.4) is 0 Å². The van der Waals surface area contributed by atoms with Gasteiger partial charge in [-0.3, -0.25) is 14.6 Å². The topological polar surface area (TPSA) is 66.4 Å². The Morgan fingerprint density at radius 3 is 2.47 bits per heavy atom. The monoisotopic (exact) mass is 605 g/mol. The molecule has 234 valence electrons. The summed E-state index contributed by atoms with van der Waals surface area (Å²) in [4.78, 5) is 23.7. The molecule has 0 radical (unpaired) electrons. The van der Waals surface area contributed by atoms with Gasteiger partial charge in [-0.25, -0.2) is 4.39 Å². The largest absolute Gasteiger partial charge is 0.369 e. The van der Waals surface area contributed by atoms with Gasteiger partial charge in [0, 0.05) is 67.5 Å². The molecule has 0 bridgehead atoms. The Morgan fingerprint density at radius 2 is 1.71 bits per heavy atom. The predicted molar refractivity (Wildman–Crippen MR) is 179 cm³/mol. The maximum Gasteiger partial charge on any atom is 0.162 e. The van der Waals surface area contributed by atoms with E-state index in [0.717, 1.165) is 108 Å². The maximum absolute atomic E-state index is 13.5. The lowest BCUT2D eigenvalue weighted by atomic mass is 9.90. The van der Waals surface area contributed by atoms with Gasteiger partial charge in [0.2, 0.25) is 0 Å². The predicted octanol–water partition coefficient (Wildman–Crippen LogP) is 7.20. The highest BCUT2D eigenvalue weighted by Gasteiger charge is 2.21. The van der Waals surface area contributed by atoms with E-state index in [1.54, 1.807) is 12.1 Å². The molecule has 1 N–H and O–H groups in total. The van der Waals surface area contributed by atoms with Crippen LogP contribution in [0.2, 0.25) is 0 Å². The molecular formula is C38H44FN5O. The fourth-order valence-electron chi connectivity index (χ4n) is 7.00. The number of likely N-dealkylation sites (tertiary alicyclic amines) is 1. The number of fused-ring (bicyclic) bond motifs is 1. The number of carbonyl (C=O) groups is 1. The second kappa shape index (κ2) is 14.9. The number of carbonyl (C=O) groups excluding carboxylic acids is 1. The molecule has 7 heteroatoms. The van der Waals surface area contributed by atoms with Gasteiger partial charge in [0.15, 0.2) is 5.78 Å². The molecule has 0 spiro atoms. The van der Waals surface area contributed by atoms with Crippen LogP contribution >= 0.6 is 0 Å². The first-order valence-electron chi connectivity index (χ1n) is 16.6. The van der Waals surface area contributed by atoms with Gasteiger partial charge in [-0.05, 0) is 130 Å². The van der Waals surface area contributed by atoms with Crippen molar-refractivity contribution in [1.82, 2.24) is 14.8 Å². The molecule has 4 aromatic rings. The van der Waals surface area contributed by atoms with Gasteiger partial charge < -0.3 is 9.88 Å². The number of piperidine rings is 1. The number of nitriles is 1. The number of nitrogens with zero attached hydrogens (tertiary/aromatic N) is 4. The van der Waals surface area contributed by atoms with Crippen molar-refractivity contribution in [3.63, 3.8) is 0 Å². The van der Waals surface area contributed by atoms with Crippen LogP contribution in [0.25, 0.3) is 10.9 Å². The molecule has 0 amide bonds. The number of anilines is 1. The third-order valence-electron chi connectivity index (χ3n) is 9.78. The Labute approximate surface area is 266 Å². The van der Waals surface area contributed by atoms with Gasteiger partial charge >= 0.3 is 0 Å². The number of unbranched alkanes of at least 4 members (excludes halogenated alkanes) is 1. The highest BCUT2D eigenvalue weighted by molar-refractivity contribution is 5.96. The molecule has 0 aliphatic carbocycles. The van der Waals surface area contributed by atoms with E-state index in [0.29, 0.717) is 17.9 Å². The second-order valence-electron chi connectivity index (χ2n) is 12.8. The van der Waals surface area contributed by atoms with E-state index in [-0.39, 0.29) is 11.6 Å². The van der Waals surface area contributed by atoms with Crippen molar-refractivity contribution in [3.8, 4) is 6.07 Å². The van der Waals surface area contributed by atoms with E-state index in [1.165, 1.54) is 22.7 Å². The molecule has 0 atom stereocenters. The number of aromatic amines is 1. The molecule has 2 saturated heterocycles. The normalized spacial score (nSPS) is 16.7. The van der Waals surface area contributed by atoms with Gasteiger partial charge in [-0.15, -0.1) is 0 Å². The Morgan fingerprint density at radius 1 is 0.911 bits per heavy atom. The summed E-state index contributed by atoms with van der Waals surface area (Å²) in [5.41, 5.74) is 6.16. The van der Waals surface area contributed by atoms with Crippen molar-refractivity contribution >= 4 is 22.4 Å². The van der Waals surface area contributed by atoms with E-state index in [4.69, 9.17) is 0 Å². The minimum Gasteiger partial charge on any atom is -0.369 e. The van der Waals surface area contributed by atoms with Crippen LogP contribution in [0, 0.1) is 23.1 Å². The summed E-state index contributed by atoms with van der Waals surface area (Å²) in [6.45, 7) is 8.04. The Hall–Kier alpha value is -3.99. The first-order valence-corrected chi connectivity index (χ1v) is 16.6. The molecule has 6 rings (SSSR count). The maximum atomic E-state index is 13.5. The Bertz CT molecular complexity index is 1610. The minimum atomic E-state index is -0.171. The zero-order valence-corrected chi connectivity index (χ0v) is 26.2. The summed E-state index contributed by atoms with van der Waals surface area (Å²) >= 11 is 0.